The Morgan fingerprint density at radius 2 is 2.25 bits per heavy atom. The number of carbonyl (C=O) groups is 1. The van der Waals surface area contributed by atoms with Crippen LogP contribution in [0.2, 0.25) is 0 Å². The van der Waals surface area contributed by atoms with Crippen LogP contribution in [-0.4, -0.2) is 36.6 Å². The average molecular weight is 223 g/mol. The van der Waals surface area contributed by atoms with Crippen molar-refractivity contribution < 1.29 is 9.53 Å². The molecule has 1 aromatic rings. The quantitative estimate of drug-likeness (QED) is 0.701. The molecule has 16 heavy (non-hydrogen) atoms. The number of esters is 1. The molecule has 88 valence electrons. The molecule has 0 spiro atoms. The summed E-state index contributed by atoms with van der Waals surface area (Å²) in [5.41, 5.74) is 0.935. The Labute approximate surface area is 95.5 Å². The number of hydrogen-bond acceptors (Lipinski definition) is 5. The molecule has 0 aliphatic rings. The normalized spacial score (nSPS) is 9.94. The van der Waals surface area contributed by atoms with Crippen molar-refractivity contribution in [3.63, 3.8) is 0 Å². The Balaban J connectivity index is 2.40. The summed E-state index contributed by atoms with van der Waals surface area (Å²) >= 11 is 0. The molecule has 0 saturated heterocycles. The van der Waals surface area contributed by atoms with Gasteiger partial charge in [0, 0.05) is 31.8 Å². The van der Waals surface area contributed by atoms with E-state index in [1.54, 1.807) is 6.33 Å². The van der Waals surface area contributed by atoms with Gasteiger partial charge >= 0.3 is 5.97 Å². The number of nitrogens with zero attached hydrogens (tertiary/aromatic N) is 3. The summed E-state index contributed by atoms with van der Waals surface area (Å²) in [7, 11) is 3.35. The van der Waals surface area contributed by atoms with Gasteiger partial charge in [-0.2, -0.15) is 0 Å². The lowest BCUT2D eigenvalue weighted by molar-refractivity contribution is -0.140. The molecule has 0 N–H and O–H groups in total. The standard InChI is InChI=1S/C11H17N3O2/c1-9-7-10(13-8-12-9)14(2)6-4-5-11(15)16-3/h7-8H,4-6H2,1-3H3. The van der Waals surface area contributed by atoms with E-state index in [0.29, 0.717) is 6.42 Å². The van der Waals surface area contributed by atoms with Gasteiger partial charge in [-0.1, -0.05) is 0 Å². The SMILES string of the molecule is COC(=O)CCCN(C)c1cc(C)ncn1. The number of aromatic nitrogens is 2. The highest BCUT2D eigenvalue weighted by Crippen LogP contribution is 2.09. The topological polar surface area (TPSA) is 55.3 Å². The zero-order valence-electron chi connectivity index (χ0n) is 9.93. The van der Waals surface area contributed by atoms with E-state index in [2.05, 4.69) is 14.7 Å². The summed E-state index contributed by atoms with van der Waals surface area (Å²) in [6, 6.07) is 1.91. The Bertz CT molecular complexity index is 355. The molecule has 1 aromatic heterocycles. The average Bonchev–Trinajstić information content (AvgIpc) is 2.28. The summed E-state index contributed by atoms with van der Waals surface area (Å²) < 4.78 is 4.57. The van der Waals surface area contributed by atoms with Gasteiger partial charge in [0.2, 0.25) is 0 Å². The van der Waals surface area contributed by atoms with Crippen LogP contribution in [0.1, 0.15) is 18.5 Å². The molecule has 5 nitrogen and oxygen atoms in total. The van der Waals surface area contributed by atoms with Crippen molar-refractivity contribution in [1.82, 2.24) is 9.97 Å². The fourth-order valence-electron chi connectivity index (χ4n) is 1.33. The first kappa shape index (κ1) is 12.4. The number of carbonyl (C=O) groups excluding carboxylic acids is 1. The van der Waals surface area contributed by atoms with Crippen molar-refractivity contribution in [3.8, 4) is 0 Å². The Morgan fingerprint density at radius 1 is 1.50 bits per heavy atom. The molecule has 0 radical (unpaired) electrons. The van der Waals surface area contributed by atoms with Crippen LogP contribution in [0.25, 0.3) is 0 Å². The molecule has 0 aromatic carbocycles. The van der Waals surface area contributed by atoms with Crippen LogP contribution in [0.3, 0.4) is 0 Å². The number of anilines is 1. The fourth-order valence-corrected chi connectivity index (χ4v) is 1.33. The number of aryl methyl sites for hydroxylation is 1. The van der Waals surface area contributed by atoms with Crippen LogP contribution in [0.15, 0.2) is 12.4 Å². The summed E-state index contributed by atoms with van der Waals surface area (Å²) in [5, 5.41) is 0. The van der Waals surface area contributed by atoms with Crippen molar-refractivity contribution in [2.24, 2.45) is 0 Å². The number of rotatable bonds is 5. The third kappa shape index (κ3) is 3.84. The van der Waals surface area contributed by atoms with E-state index < -0.39 is 0 Å². The van der Waals surface area contributed by atoms with E-state index in [1.807, 2.05) is 24.9 Å². The molecule has 0 fully saturated rings. The highest BCUT2D eigenvalue weighted by molar-refractivity contribution is 5.69. The number of ether oxygens (including phenoxy) is 1. The molecule has 0 aliphatic carbocycles. The van der Waals surface area contributed by atoms with Crippen LogP contribution >= 0.6 is 0 Å². The summed E-state index contributed by atoms with van der Waals surface area (Å²) in [5.74, 6) is 0.699. The Hall–Kier alpha value is -1.65. The van der Waals surface area contributed by atoms with Crippen molar-refractivity contribution >= 4 is 11.8 Å². The van der Waals surface area contributed by atoms with Gasteiger partial charge in [-0.3, -0.25) is 4.79 Å². The first-order chi connectivity index (χ1) is 7.63. The van der Waals surface area contributed by atoms with Gasteiger partial charge in [-0.05, 0) is 13.3 Å². The summed E-state index contributed by atoms with van der Waals surface area (Å²) in [6.45, 7) is 2.69. The van der Waals surface area contributed by atoms with Crippen molar-refractivity contribution in [3.05, 3.63) is 18.1 Å². The molecule has 0 unspecified atom stereocenters. The van der Waals surface area contributed by atoms with E-state index in [9.17, 15) is 4.79 Å². The van der Waals surface area contributed by atoms with Gasteiger partial charge in [0.05, 0.1) is 7.11 Å². The minimum absolute atomic E-state index is 0.174. The molecule has 0 aliphatic heterocycles. The van der Waals surface area contributed by atoms with Crippen LogP contribution in [0, 0.1) is 6.92 Å². The number of hydrogen-bond donors (Lipinski definition) is 0. The van der Waals surface area contributed by atoms with Crippen LogP contribution in [-0.2, 0) is 9.53 Å². The molecule has 5 heteroatoms. The second-order valence-corrected chi connectivity index (χ2v) is 3.62. The lowest BCUT2D eigenvalue weighted by Gasteiger charge is -2.17. The predicted molar refractivity (Wildman–Crippen MR) is 61.3 cm³/mol. The Kier molecular flexibility index (Phi) is 4.69. The van der Waals surface area contributed by atoms with Gasteiger partial charge < -0.3 is 9.64 Å². The van der Waals surface area contributed by atoms with Crippen molar-refractivity contribution in [2.75, 3.05) is 25.6 Å². The Morgan fingerprint density at radius 3 is 2.88 bits per heavy atom. The van der Waals surface area contributed by atoms with E-state index >= 15 is 0 Å². The monoisotopic (exact) mass is 223 g/mol. The minimum Gasteiger partial charge on any atom is -0.469 e. The maximum atomic E-state index is 10.9. The van der Waals surface area contributed by atoms with Crippen LogP contribution in [0.5, 0.6) is 0 Å². The van der Waals surface area contributed by atoms with E-state index in [4.69, 9.17) is 0 Å². The molecule has 0 bridgehead atoms. The molecule has 1 heterocycles. The fraction of sp³-hybridized carbons (Fsp3) is 0.545. The van der Waals surface area contributed by atoms with Gasteiger partial charge in [0.25, 0.3) is 0 Å². The maximum Gasteiger partial charge on any atom is 0.305 e. The molecule has 0 saturated carbocycles. The highest BCUT2D eigenvalue weighted by atomic mass is 16.5. The first-order valence-electron chi connectivity index (χ1n) is 5.20. The predicted octanol–water partition coefficient (Wildman–Crippen LogP) is 1.17. The van der Waals surface area contributed by atoms with E-state index in [0.717, 1.165) is 24.5 Å². The zero-order chi connectivity index (χ0) is 12.0. The first-order valence-corrected chi connectivity index (χ1v) is 5.20. The smallest absolute Gasteiger partial charge is 0.305 e. The van der Waals surface area contributed by atoms with Crippen molar-refractivity contribution in [1.29, 1.82) is 0 Å². The number of methoxy groups -OCH3 is 1. The van der Waals surface area contributed by atoms with E-state index in [1.165, 1.54) is 7.11 Å². The zero-order valence-corrected chi connectivity index (χ0v) is 9.93. The molecule has 0 amide bonds. The molecular formula is C11H17N3O2. The van der Waals surface area contributed by atoms with Gasteiger partial charge in [-0.25, -0.2) is 9.97 Å². The minimum atomic E-state index is -0.174. The molecular weight excluding hydrogens is 206 g/mol. The van der Waals surface area contributed by atoms with Gasteiger partial charge in [0.1, 0.15) is 12.1 Å². The third-order valence-corrected chi connectivity index (χ3v) is 2.28. The lowest BCUT2D eigenvalue weighted by atomic mass is 10.3. The molecule has 1 rings (SSSR count). The van der Waals surface area contributed by atoms with Crippen LogP contribution < -0.4 is 4.90 Å². The maximum absolute atomic E-state index is 10.9. The summed E-state index contributed by atoms with van der Waals surface area (Å²) in [4.78, 5) is 21.1. The van der Waals surface area contributed by atoms with Gasteiger partial charge in [-0.15, -0.1) is 0 Å². The van der Waals surface area contributed by atoms with Crippen molar-refractivity contribution in [2.45, 2.75) is 19.8 Å². The lowest BCUT2D eigenvalue weighted by Crippen LogP contribution is -2.20. The van der Waals surface area contributed by atoms with Gasteiger partial charge in [0.15, 0.2) is 0 Å². The largest absolute Gasteiger partial charge is 0.469 e. The molecule has 0 atom stereocenters. The van der Waals surface area contributed by atoms with Crippen LogP contribution in [0.4, 0.5) is 5.82 Å². The third-order valence-electron chi connectivity index (χ3n) is 2.28. The second kappa shape index (κ2) is 6.05. The highest BCUT2D eigenvalue weighted by Gasteiger charge is 2.05. The summed E-state index contributed by atoms with van der Waals surface area (Å²) in [6.07, 6.45) is 2.73. The second-order valence-electron chi connectivity index (χ2n) is 3.62. The van der Waals surface area contributed by atoms with E-state index in [-0.39, 0.29) is 5.97 Å².